The summed E-state index contributed by atoms with van der Waals surface area (Å²) in [6.07, 6.45) is 0. The molecule has 4 rings (SSSR count). The van der Waals surface area contributed by atoms with Crippen molar-refractivity contribution in [3.05, 3.63) is 82.5 Å². The number of H-pyrrole nitrogens is 1. The van der Waals surface area contributed by atoms with Gasteiger partial charge in [-0.25, -0.2) is 4.39 Å². The van der Waals surface area contributed by atoms with Crippen LogP contribution in [-0.4, -0.2) is 26.7 Å². The Morgan fingerprint density at radius 2 is 1.77 bits per heavy atom. The topological polar surface area (TPSA) is 73.4 Å². The van der Waals surface area contributed by atoms with Crippen LogP contribution in [0.25, 0.3) is 10.9 Å². The highest BCUT2D eigenvalue weighted by molar-refractivity contribution is 6.11. The molecule has 160 valence electrons. The van der Waals surface area contributed by atoms with E-state index in [0.717, 1.165) is 22.2 Å². The Balaban J connectivity index is 1.91. The molecule has 1 amide bonds. The van der Waals surface area contributed by atoms with Crippen LogP contribution in [0.2, 0.25) is 0 Å². The second-order valence-corrected chi connectivity index (χ2v) is 9.01. The monoisotopic (exact) mass is 420 g/mol. The highest BCUT2D eigenvalue weighted by atomic mass is 19.1. The fraction of sp³-hybridized carbons (Fsp3) is 0.280. The first-order valence-electron chi connectivity index (χ1n) is 10.2. The number of hydrogen-bond acceptors (Lipinski definition) is 3. The van der Waals surface area contributed by atoms with Gasteiger partial charge in [0.05, 0.1) is 11.6 Å². The Kier molecular flexibility index (Phi) is 4.96. The van der Waals surface area contributed by atoms with Gasteiger partial charge in [0.25, 0.3) is 5.91 Å². The lowest BCUT2D eigenvalue weighted by atomic mass is 9.81. The summed E-state index contributed by atoms with van der Waals surface area (Å²) >= 11 is 0. The lowest BCUT2D eigenvalue weighted by Crippen LogP contribution is -2.32. The summed E-state index contributed by atoms with van der Waals surface area (Å²) in [4.78, 5) is 31.3. The van der Waals surface area contributed by atoms with Crippen LogP contribution >= 0.6 is 0 Å². The summed E-state index contributed by atoms with van der Waals surface area (Å²) in [5, 5.41) is 11.7. The number of hydrogen-bond donors (Lipinski definition) is 2. The number of amides is 1. The maximum absolute atomic E-state index is 13.4. The van der Waals surface area contributed by atoms with Crippen molar-refractivity contribution in [1.82, 2.24) is 9.88 Å². The third kappa shape index (κ3) is 3.52. The number of nitrogens with zero attached hydrogens (tertiary/aromatic N) is 1. The van der Waals surface area contributed by atoms with E-state index in [4.69, 9.17) is 0 Å². The molecular formula is C25H25FN2O3. The lowest BCUT2D eigenvalue weighted by molar-refractivity contribution is -0.130. The average Bonchev–Trinajstić information content (AvgIpc) is 3.16. The van der Waals surface area contributed by atoms with Crippen molar-refractivity contribution >= 4 is 22.6 Å². The Morgan fingerprint density at radius 1 is 1.13 bits per heavy atom. The maximum Gasteiger partial charge on any atom is 0.290 e. The number of ketones is 1. The predicted octanol–water partition coefficient (Wildman–Crippen LogP) is 5.13. The van der Waals surface area contributed by atoms with Gasteiger partial charge in [0.1, 0.15) is 5.82 Å². The van der Waals surface area contributed by atoms with Crippen molar-refractivity contribution in [3.8, 4) is 0 Å². The summed E-state index contributed by atoms with van der Waals surface area (Å²) in [6, 6.07) is 12.8. The van der Waals surface area contributed by atoms with Crippen molar-refractivity contribution in [3.63, 3.8) is 0 Å². The Hall–Kier alpha value is -3.41. The van der Waals surface area contributed by atoms with Crippen LogP contribution in [0.4, 0.5) is 4.39 Å². The summed E-state index contributed by atoms with van der Waals surface area (Å²) in [5.74, 6) is -1.77. The normalized spacial score (nSPS) is 17.1. The molecule has 1 aliphatic heterocycles. The van der Waals surface area contributed by atoms with Crippen LogP contribution in [0.1, 0.15) is 43.6 Å². The van der Waals surface area contributed by atoms with Crippen molar-refractivity contribution < 1.29 is 19.1 Å². The van der Waals surface area contributed by atoms with Crippen molar-refractivity contribution in [1.29, 1.82) is 0 Å². The summed E-state index contributed by atoms with van der Waals surface area (Å²) < 4.78 is 13.4. The number of aliphatic hydroxyl groups is 1. The van der Waals surface area contributed by atoms with E-state index < -0.39 is 23.1 Å². The van der Waals surface area contributed by atoms with Crippen LogP contribution in [0.15, 0.2) is 59.9 Å². The number of aliphatic hydroxyl groups excluding tert-OH is 1. The molecule has 0 saturated carbocycles. The number of fused-ring (bicyclic) bond motifs is 1. The van der Waals surface area contributed by atoms with E-state index in [9.17, 15) is 19.1 Å². The molecule has 6 heteroatoms. The van der Waals surface area contributed by atoms with Gasteiger partial charge in [0.15, 0.2) is 11.5 Å². The first-order valence-corrected chi connectivity index (χ1v) is 10.2. The molecule has 0 saturated heterocycles. The van der Waals surface area contributed by atoms with E-state index in [-0.39, 0.29) is 23.7 Å². The first kappa shape index (κ1) is 20.8. The molecule has 1 aliphatic rings. The van der Waals surface area contributed by atoms with Gasteiger partial charge < -0.3 is 15.0 Å². The van der Waals surface area contributed by atoms with Crippen molar-refractivity contribution in [2.45, 2.75) is 40.3 Å². The SMILES string of the molecule is Cc1[nH]c2ccccc2c1C1C(C(=O)C(C)(C)C)=C(O)C(=O)N1Cc1ccc(F)cc1. The van der Waals surface area contributed by atoms with Gasteiger partial charge in [-0.15, -0.1) is 0 Å². The van der Waals surface area contributed by atoms with Gasteiger partial charge >= 0.3 is 0 Å². The van der Waals surface area contributed by atoms with Gasteiger partial charge in [-0.2, -0.15) is 0 Å². The summed E-state index contributed by atoms with van der Waals surface area (Å²) in [7, 11) is 0. The van der Waals surface area contributed by atoms with Gasteiger partial charge in [-0.1, -0.05) is 51.1 Å². The van der Waals surface area contributed by atoms with Gasteiger partial charge in [0.2, 0.25) is 0 Å². The molecule has 0 aliphatic carbocycles. The lowest BCUT2D eigenvalue weighted by Gasteiger charge is -2.29. The van der Waals surface area contributed by atoms with E-state index >= 15 is 0 Å². The molecule has 0 spiro atoms. The zero-order chi connectivity index (χ0) is 22.5. The number of aryl methyl sites for hydroxylation is 1. The molecule has 2 aromatic carbocycles. The van der Waals surface area contributed by atoms with Crippen LogP contribution in [0, 0.1) is 18.2 Å². The molecule has 2 heterocycles. The standard InChI is InChI=1S/C25H25FN2O3/c1-14-19(17-7-5-6-8-18(17)27-14)21-20(23(30)25(2,3)4)22(29)24(31)28(21)13-15-9-11-16(26)12-10-15/h5-12,21,27,29H,13H2,1-4H3. The maximum atomic E-state index is 13.4. The zero-order valence-corrected chi connectivity index (χ0v) is 18.0. The van der Waals surface area contributed by atoms with E-state index in [0.29, 0.717) is 5.56 Å². The highest BCUT2D eigenvalue weighted by Gasteiger charge is 2.47. The van der Waals surface area contributed by atoms with Crippen LogP contribution in [0.3, 0.4) is 0 Å². The van der Waals surface area contributed by atoms with Gasteiger partial charge in [-0.05, 0) is 30.7 Å². The first-order chi connectivity index (χ1) is 14.6. The smallest absolute Gasteiger partial charge is 0.290 e. The number of carbonyl (C=O) groups is 2. The molecule has 2 N–H and O–H groups in total. The van der Waals surface area contributed by atoms with Crippen molar-refractivity contribution in [2.24, 2.45) is 5.41 Å². The zero-order valence-electron chi connectivity index (χ0n) is 18.0. The third-order valence-corrected chi connectivity index (χ3v) is 5.71. The fourth-order valence-electron chi connectivity index (χ4n) is 4.19. The molecule has 0 fully saturated rings. The molecular weight excluding hydrogens is 395 g/mol. The van der Waals surface area contributed by atoms with Crippen molar-refractivity contribution in [2.75, 3.05) is 0 Å². The fourth-order valence-corrected chi connectivity index (χ4v) is 4.19. The second kappa shape index (κ2) is 7.38. The number of rotatable bonds is 4. The number of Topliss-reactive ketones (excluding diaryl/α,β-unsaturated/α-hetero) is 1. The molecule has 3 aromatic rings. The van der Waals surface area contributed by atoms with Crippen LogP contribution in [0.5, 0.6) is 0 Å². The summed E-state index contributed by atoms with van der Waals surface area (Å²) in [5.41, 5.74) is 2.51. The Labute approximate surface area is 180 Å². The van der Waals surface area contributed by atoms with Gasteiger partial charge in [-0.3, -0.25) is 9.59 Å². The van der Waals surface area contributed by atoms with E-state index in [1.807, 2.05) is 31.2 Å². The molecule has 1 unspecified atom stereocenters. The Morgan fingerprint density at radius 3 is 2.42 bits per heavy atom. The molecule has 0 bridgehead atoms. The minimum Gasteiger partial charge on any atom is -0.503 e. The van der Waals surface area contributed by atoms with E-state index in [1.54, 1.807) is 32.9 Å². The molecule has 5 nitrogen and oxygen atoms in total. The number of benzene rings is 2. The second-order valence-electron chi connectivity index (χ2n) is 9.01. The number of aromatic nitrogens is 1. The molecule has 1 atom stereocenters. The minimum atomic E-state index is -0.784. The summed E-state index contributed by atoms with van der Waals surface area (Å²) in [6.45, 7) is 7.32. The largest absolute Gasteiger partial charge is 0.503 e. The van der Waals surface area contributed by atoms with E-state index in [2.05, 4.69) is 4.98 Å². The number of aromatic amines is 1. The number of halogens is 1. The van der Waals surface area contributed by atoms with Crippen LogP contribution < -0.4 is 0 Å². The number of carbonyl (C=O) groups excluding carboxylic acids is 2. The van der Waals surface area contributed by atoms with Crippen LogP contribution in [-0.2, 0) is 16.1 Å². The highest BCUT2D eigenvalue weighted by Crippen LogP contribution is 2.45. The average molecular weight is 420 g/mol. The molecule has 0 radical (unpaired) electrons. The third-order valence-electron chi connectivity index (χ3n) is 5.71. The number of para-hydroxylation sites is 1. The van der Waals surface area contributed by atoms with Gasteiger partial charge in [0, 0.05) is 34.1 Å². The molecule has 1 aromatic heterocycles. The molecule has 31 heavy (non-hydrogen) atoms. The predicted molar refractivity (Wildman–Crippen MR) is 117 cm³/mol. The Bertz CT molecular complexity index is 1220. The minimum absolute atomic E-state index is 0.104. The van der Waals surface area contributed by atoms with E-state index in [1.165, 1.54) is 17.0 Å². The quantitative estimate of drug-likeness (QED) is 0.615. The number of nitrogens with one attached hydrogen (secondary N) is 1.